The molecule has 5 unspecified atom stereocenters. The number of halogens is 10. The molecule has 0 saturated heterocycles. The number of ether oxygens (including phenoxy) is 7. The van der Waals surface area contributed by atoms with Gasteiger partial charge in [0.05, 0.1) is 52.8 Å². The Kier molecular flexibility index (Phi) is 30.8. The van der Waals surface area contributed by atoms with Crippen LogP contribution in [0, 0.1) is 17.6 Å². The van der Waals surface area contributed by atoms with Gasteiger partial charge < -0.3 is 58.1 Å². The maximum Gasteiger partial charge on any atom is 0.416 e. The third-order valence-corrected chi connectivity index (χ3v) is 26.9. The van der Waals surface area contributed by atoms with Gasteiger partial charge in [0.15, 0.2) is 11.6 Å². The van der Waals surface area contributed by atoms with E-state index in [1.165, 1.54) is 51.2 Å². The number of aromatic amines is 5. The number of nitrogens with zero attached hydrogens (tertiary/aromatic N) is 5. The number of benzene rings is 10. The van der Waals surface area contributed by atoms with Crippen molar-refractivity contribution in [3.63, 3.8) is 0 Å². The number of hydrogen-bond acceptors (Lipinski definition) is 12. The first-order valence-corrected chi connectivity index (χ1v) is 48.4. The van der Waals surface area contributed by atoms with Crippen LogP contribution in [0.25, 0.3) is 54.5 Å². The number of hydrogen-bond donors (Lipinski definition) is 5. The van der Waals surface area contributed by atoms with Crippen LogP contribution in [0.3, 0.4) is 0 Å². The second kappa shape index (κ2) is 43.2. The normalized spacial score (nSPS) is 16.4. The molecule has 0 radical (unpaired) electrons. The summed E-state index contributed by atoms with van der Waals surface area (Å²) < 4.78 is 107. The summed E-state index contributed by atoms with van der Waals surface area (Å²) in [6, 6.07) is 61.9. The molecule has 0 spiro atoms. The number of alkyl halides is 3. The molecule has 10 aromatic carbocycles. The number of methoxy groups -OCH3 is 2. The SMILES string of the molecule is CCCOC(=O)N1CCc2c([nH]c3ccc(Cl)cc23)C1c1ccc(OC)cc1.CCOC(=O)N1CCc2c([nH]c3ccc(Br)cc23)C1c1cccc(F)c1F.CCOC(=O)N1CCc2c([nH]c3ccc(Br)cc23)C1c1ccccc1.CCOC(=O)N1CCc2c([nH]c3ccc(Cl)cc23)C1c1ccc(C(F)(F)F)cc1.COc1ccc(C2c3[nH]c4ccc(Cl)cc4c3CCN2C(=O)OCC(C)C)cc1. The predicted octanol–water partition coefficient (Wildman–Crippen LogP) is 27.2. The van der Waals surface area contributed by atoms with E-state index in [-0.39, 0.29) is 61.1 Å². The van der Waals surface area contributed by atoms with Gasteiger partial charge in [-0.3, -0.25) is 24.5 Å². The molecule has 138 heavy (non-hydrogen) atoms. The van der Waals surface area contributed by atoms with Crippen LogP contribution < -0.4 is 9.47 Å². The minimum absolute atomic E-state index is 0.106. The minimum atomic E-state index is -4.42. The zero-order valence-electron chi connectivity index (χ0n) is 76.9. The molecule has 0 bridgehead atoms. The van der Waals surface area contributed by atoms with E-state index < -0.39 is 47.6 Å². The standard InChI is InChI=1S/C23H25ClN2O3.C22H23ClN2O3.C21H18ClF3N2O2.C20H17BrF2N2O2.C20H19BrN2O2/c1-14(2)13-29-23(27)26-11-10-18-19-12-16(24)6-9-20(19)25-21(18)22(26)15-4-7-17(28-3)8-5-15;1-3-12-28-22(26)25-11-10-17-18-13-15(23)6-9-19(18)24-20(17)21(25)14-4-7-16(27-2)8-5-14;1-2-29-20(28)27-10-9-15-16-11-14(22)7-8-17(16)26-18(15)19(27)12-3-5-13(6-4-12)21(23,24)25;1-2-27-20(26)25-9-8-12-14-10-11(21)6-7-16(14)24-18(12)19(25)13-4-3-5-15(22)17(13)23;1-2-25-20(24)23-11-10-15-16-12-14(21)8-9-17(16)22-18(15)19(23)13-6-4-3-5-7-13/h4-9,12,14,22,25H,10-11,13H2,1-3H3;4-9,13,21,24H,3,10-12H2,1-2H3;3-8,11,19,26H,2,9-10H2,1H3;3-7,10,19,24H,2,8-9H2,1H3;3-9,12,19,22H,2,10-11H2,1H3. The maximum absolute atomic E-state index is 14.6. The summed E-state index contributed by atoms with van der Waals surface area (Å²) in [5.41, 5.74) is 18.2. The lowest BCUT2D eigenvalue weighted by Crippen LogP contribution is -2.41. The van der Waals surface area contributed by atoms with Gasteiger partial charge in [0.25, 0.3) is 0 Å². The Morgan fingerprint density at radius 2 is 0.696 bits per heavy atom. The van der Waals surface area contributed by atoms with Crippen molar-refractivity contribution in [1.82, 2.24) is 49.4 Å². The summed E-state index contributed by atoms with van der Waals surface area (Å²) in [4.78, 5) is 89.0. The maximum atomic E-state index is 14.6. The van der Waals surface area contributed by atoms with Crippen LogP contribution in [0.4, 0.5) is 45.9 Å². The zero-order valence-corrected chi connectivity index (χ0v) is 82.3. The molecule has 5 aromatic heterocycles. The number of carbonyl (C=O) groups excluding carboxylic acids is 5. The van der Waals surface area contributed by atoms with Crippen molar-refractivity contribution >= 4 is 152 Å². The van der Waals surface area contributed by atoms with Gasteiger partial charge in [-0.2, -0.15) is 13.2 Å². The molecule has 0 fully saturated rings. The Morgan fingerprint density at radius 3 is 1.03 bits per heavy atom. The second-order valence-electron chi connectivity index (χ2n) is 34.2. The molecule has 5 aliphatic rings. The largest absolute Gasteiger partial charge is 0.497 e. The van der Waals surface area contributed by atoms with Gasteiger partial charge in [-0.15, -0.1) is 0 Å². The number of carbonyl (C=O) groups is 5. The molecule has 22 nitrogen and oxygen atoms in total. The van der Waals surface area contributed by atoms with Crippen molar-refractivity contribution < 1.29 is 79.1 Å². The Hall–Kier alpha value is -12.7. The van der Waals surface area contributed by atoms with Gasteiger partial charge in [-0.05, 0) is 249 Å². The topological polar surface area (TPSA) is 245 Å². The van der Waals surface area contributed by atoms with Gasteiger partial charge in [0, 0.05) is 145 Å². The number of fused-ring (bicyclic) bond motifs is 15. The highest BCUT2D eigenvalue weighted by atomic mass is 79.9. The van der Waals surface area contributed by atoms with Crippen molar-refractivity contribution in [3.8, 4) is 11.5 Å². The number of rotatable bonds is 14. The first-order valence-electron chi connectivity index (χ1n) is 45.7. The smallest absolute Gasteiger partial charge is 0.416 e. The van der Waals surface area contributed by atoms with Crippen molar-refractivity contribution in [2.45, 2.75) is 116 Å². The number of H-pyrrole nitrogens is 5. The van der Waals surface area contributed by atoms with Crippen LogP contribution in [0.1, 0.15) is 168 Å². The van der Waals surface area contributed by atoms with E-state index in [2.05, 4.69) is 81.0 Å². The molecule has 5 N–H and O–H groups in total. The minimum Gasteiger partial charge on any atom is -0.497 e. The number of nitrogens with one attached hydrogen (secondary N) is 5. The molecule has 15 aromatic rings. The van der Waals surface area contributed by atoms with Crippen molar-refractivity contribution in [2.75, 3.05) is 80.0 Å². The molecule has 10 heterocycles. The fourth-order valence-corrected chi connectivity index (χ4v) is 20.2. The molecule has 0 saturated carbocycles. The molecular weight excluding hydrogens is 1970 g/mol. The molecule has 32 heteroatoms. The van der Waals surface area contributed by atoms with Crippen LogP contribution in [-0.4, -0.2) is 160 Å². The first kappa shape index (κ1) is 98.4. The van der Waals surface area contributed by atoms with Crippen LogP contribution in [-0.2, 0) is 62.0 Å². The fraction of sp³-hybridized carbons (Fsp3) is 0.292. The van der Waals surface area contributed by atoms with Crippen molar-refractivity contribution in [3.05, 3.63) is 338 Å². The van der Waals surface area contributed by atoms with Gasteiger partial charge in [-0.1, -0.05) is 166 Å². The van der Waals surface area contributed by atoms with E-state index in [9.17, 15) is 45.9 Å². The lowest BCUT2D eigenvalue weighted by molar-refractivity contribution is -0.137. The molecule has 20 rings (SSSR count). The summed E-state index contributed by atoms with van der Waals surface area (Å²) in [5.74, 6) is -0.0498. The quantitative estimate of drug-likeness (QED) is 0.0504. The van der Waals surface area contributed by atoms with E-state index in [1.54, 1.807) is 43.9 Å². The average Bonchev–Trinajstić information content (AvgIpc) is 1.57. The Morgan fingerprint density at radius 1 is 0.384 bits per heavy atom. The summed E-state index contributed by atoms with van der Waals surface area (Å²) >= 11 is 25.7. The summed E-state index contributed by atoms with van der Waals surface area (Å²) in [5, 5.41) is 7.41. The van der Waals surface area contributed by atoms with Crippen LogP contribution in [0.15, 0.2) is 221 Å². The summed E-state index contributed by atoms with van der Waals surface area (Å²) in [6.07, 6.45) is -2.01. The molecule has 5 amide bonds. The molecular formula is C106H102Br2Cl3F5N10O12. The van der Waals surface area contributed by atoms with Crippen molar-refractivity contribution in [1.29, 1.82) is 0 Å². The van der Waals surface area contributed by atoms with Gasteiger partial charge in [0.1, 0.15) is 41.7 Å². The Balaban J connectivity index is 0.000000125. The lowest BCUT2D eigenvalue weighted by atomic mass is 9.92. The van der Waals surface area contributed by atoms with Crippen LogP contribution >= 0.6 is 66.7 Å². The van der Waals surface area contributed by atoms with E-state index in [0.717, 1.165) is 164 Å². The highest BCUT2D eigenvalue weighted by Crippen LogP contribution is 2.48. The lowest BCUT2D eigenvalue weighted by Gasteiger charge is -2.35. The van der Waals surface area contributed by atoms with Gasteiger partial charge in [0.2, 0.25) is 0 Å². The third kappa shape index (κ3) is 20.9. The monoisotopic (exact) mass is 2060 g/mol. The molecule has 0 aliphatic carbocycles. The molecule has 5 aliphatic heterocycles. The Labute approximate surface area is 825 Å². The third-order valence-electron chi connectivity index (χ3n) is 25.2. The highest BCUT2D eigenvalue weighted by Gasteiger charge is 2.43. The number of amides is 5. The van der Waals surface area contributed by atoms with Gasteiger partial charge >= 0.3 is 36.6 Å². The van der Waals surface area contributed by atoms with Crippen LogP contribution in [0.5, 0.6) is 11.5 Å². The van der Waals surface area contributed by atoms with Crippen molar-refractivity contribution in [2.24, 2.45) is 5.92 Å². The fourth-order valence-electron chi connectivity index (χ4n) is 19.0. The van der Waals surface area contributed by atoms with E-state index in [1.807, 2.05) is 177 Å². The summed E-state index contributed by atoms with van der Waals surface area (Å²) in [6.45, 7) is 15.5. The Bertz CT molecular complexity index is 6960. The molecule has 718 valence electrons. The number of aromatic nitrogens is 5. The predicted molar refractivity (Wildman–Crippen MR) is 532 cm³/mol. The molecule has 5 atom stereocenters. The first-order chi connectivity index (χ1) is 66.6. The van der Waals surface area contributed by atoms with E-state index in [0.29, 0.717) is 91.7 Å². The van der Waals surface area contributed by atoms with Gasteiger partial charge in [-0.25, -0.2) is 32.8 Å². The van der Waals surface area contributed by atoms with Crippen LogP contribution in [0.2, 0.25) is 15.1 Å². The second-order valence-corrected chi connectivity index (χ2v) is 37.3. The highest BCUT2D eigenvalue weighted by molar-refractivity contribution is 9.10. The zero-order chi connectivity index (χ0) is 97.5. The van der Waals surface area contributed by atoms with E-state index >= 15 is 0 Å². The average molecular weight is 2070 g/mol. The summed E-state index contributed by atoms with van der Waals surface area (Å²) in [7, 11) is 3.29. The van der Waals surface area contributed by atoms with E-state index in [4.69, 9.17) is 68.0 Å².